The van der Waals surface area contributed by atoms with E-state index in [-0.39, 0.29) is 0 Å². The van der Waals surface area contributed by atoms with Gasteiger partial charge in [0.2, 0.25) is 17.8 Å². The summed E-state index contributed by atoms with van der Waals surface area (Å²) in [6.07, 6.45) is 12.5. The first-order valence-corrected chi connectivity index (χ1v) is 13.1. The van der Waals surface area contributed by atoms with Gasteiger partial charge in [0.05, 0.1) is 0 Å². The molecule has 0 spiro atoms. The molecule has 9 nitrogen and oxygen atoms in total. The van der Waals surface area contributed by atoms with Gasteiger partial charge in [0.15, 0.2) is 0 Å². The van der Waals surface area contributed by atoms with E-state index in [2.05, 4.69) is 30.9 Å². The molecule has 10 heteroatoms. The van der Waals surface area contributed by atoms with E-state index in [0.29, 0.717) is 17.8 Å². The zero-order valence-electron chi connectivity index (χ0n) is 19.6. The SMILES string of the molecule is CNc1nc(NC)nc(NCCCCCCCCCCCC[Si](OC)(OC)OC)n1. The van der Waals surface area contributed by atoms with Gasteiger partial charge in [-0.1, -0.05) is 51.4 Å². The fourth-order valence-electron chi connectivity index (χ4n) is 3.32. The van der Waals surface area contributed by atoms with Crippen molar-refractivity contribution in [2.24, 2.45) is 0 Å². The summed E-state index contributed by atoms with van der Waals surface area (Å²) in [4.78, 5) is 12.8. The molecule has 0 unspecified atom stereocenters. The van der Waals surface area contributed by atoms with Crippen LogP contribution in [0.1, 0.15) is 64.2 Å². The van der Waals surface area contributed by atoms with Crippen LogP contribution in [0.25, 0.3) is 0 Å². The topological polar surface area (TPSA) is 102 Å². The van der Waals surface area contributed by atoms with Crippen molar-refractivity contribution in [2.75, 3.05) is 57.9 Å². The van der Waals surface area contributed by atoms with Crippen molar-refractivity contribution >= 4 is 26.6 Å². The van der Waals surface area contributed by atoms with Crippen molar-refractivity contribution in [1.82, 2.24) is 15.0 Å². The number of nitrogens with one attached hydrogen (secondary N) is 3. The summed E-state index contributed by atoms with van der Waals surface area (Å²) >= 11 is 0. The maximum Gasteiger partial charge on any atom is 0.500 e. The van der Waals surface area contributed by atoms with Crippen LogP contribution in [-0.2, 0) is 13.3 Å². The van der Waals surface area contributed by atoms with Crippen LogP contribution in [0.5, 0.6) is 0 Å². The molecule has 1 aromatic rings. The van der Waals surface area contributed by atoms with Crippen molar-refractivity contribution in [3.8, 4) is 0 Å². The van der Waals surface area contributed by atoms with Crippen molar-refractivity contribution in [2.45, 2.75) is 70.3 Å². The lowest BCUT2D eigenvalue weighted by Crippen LogP contribution is -2.42. The number of aromatic nitrogens is 3. The fourth-order valence-corrected chi connectivity index (χ4v) is 5.11. The molecule has 0 fully saturated rings. The highest BCUT2D eigenvalue weighted by molar-refractivity contribution is 6.60. The zero-order valence-corrected chi connectivity index (χ0v) is 20.6. The highest BCUT2D eigenvalue weighted by atomic mass is 28.4. The minimum Gasteiger partial charge on any atom is -0.377 e. The molecule has 1 aromatic heterocycles. The molecule has 0 saturated heterocycles. The molecular formula is C20H42N6O3Si. The smallest absolute Gasteiger partial charge is 0.377 e. The average Bonchev–Trinajstić information content (AvgIpc) is 2.79. The summed E-state index contributed by atoms with van der Waals surface area (Å²) in [6, 6.07) is 0.904. The van der Waals surface area contributed by atoms with Gasteiger partial charge in [0.25, 0.3) is 0 Å². The second kappa shape index (κ2) is 16.2. The van der Waals surface area contributed by atoms with Crippen LogP contribution in [0.3, 0.4) is 0 Å². The van der Waals surface area contributed by atoms with Crippen molar-refractivity contribution in [1.29, 1.82) is 0 Å². The largest absolute Gasteiger partial charge is 0.500 e. The van der Waals surface area contributed by atoms with Gasteiger partial charge in [-0.25, -0.2) is 0 Å². The van der Waals surface area contributed by atoms with Gasteiger partial charge in [0.1, 0.15) is 0 Å². The van der Waals surface area contributed by atoms with Crippen LogP contribution < -0.4 is 16.0 Å². The molecule has 30 heavy (non-hydrogen) atoms. The molecule has 1 rings (SSSR count). The Hall–Kier alpha value is -1.49. The molecule has 0 aliphatic rings. The minimum absolute atomic E-state index is 0.564. The molecular weight excluding hydrogens is 400 g/mol. The summed E-state index contributed by atoms with van der Waals surface area (Å²) in [5.74, 6) is 1.74. The van der Waals surface area contributed by atoms with E-state index < -0.39 is 8.80 Å². The van der Waals surface area contributed by atoms with E-state index in [1.165, 1.54) is 51.4 Å². The standard InChI is InChI=1S/C20H42N6O3Si/c1-21-18-24-19(22-2)26-20(25-18)23-16-14-12-10-8-6-7-9-11-13-15-17-30(27-3,28-4)29-5/h6-17H2,1-5H3,(H3,21,22,23,24,25,26). The van der Waals surface area contributed by atoms with Crippen molar-refractivity contribution in [3.05, 3.63) is 0 Å². The lowest BCUT2D eigenvalue weighted by atomic mass is 10.1. The van der Waals surface area contributed by atoms with Crippen LogP contribution in [0.15, 0.2) is 0 Å². The van der Waals surface area contributed by atoms with Crippen LogP contribution in [-0.4, -0.2) is 65.7 Å². The van der Waals surface area contributed by atoms with Gasteiger partial charge >= 0.3 is 8.80 Å². The van der Waals surface area contributed by atoms with Crippen molar-refractivity contribution < 1.29 is 13.3 Å². The van der Waals surface area contributed by atoms with E-state index in [1.807, 2.05) is 0 Å². The van der Waals surface area contributed by atoms with Crippen LogP contribution in [0.4, 0.5) is 17.8 Å². The summed E-state index contributed by atoms with van der Waals surface area (Å²) in [5, 5.41) is 9.17. The van der Waals surface area contributed by atoms with Gasteiger partial charge in [-0.2, -0.15) is 15.0 Å². The first-order valence-electron chi connectivity index (χ1n) is 11.1. The van der Waals surface area contributed by atoms with Gasteiger partial charge in [-0.05, 0) is 12.8 Å². The first-order chi connectivity index (χ1) is 14.6. The molecule has 0 aromatic carbocycles. The number of nitrogens with zero attached hydrogens (tertiary/aromatic N) is 3. The molecule has 0 aliphatic heterocycles. The highest BCUT2D eigenvalue weighted by Crippen LogP contribution is 2.18. The third-order valence-electron chi connectivity index (χ3n) is 5.21. The molecule has 1 heterocycles. The maximum atomic E-state index is 5.46. The average molecular weight is 443 g/mol. The summed E-state index contributed by atoms with van der Waals surface area (Å²) < 4.78 is 16.4. The highest BCUT2D eigenvalue weighted by Gasteiger charge is 2.36. The Morgan fingerprint density at radius 2 is 1.00 bits per heavy atom. The predicted molar refractivity (Wildman–Crippen MR) is 125 cm³/mol. The Labute approximate surface area is 183 Å². The number of unbranched alkanes of at least 4 members (excludes halogenated alkanes) is 9. The third kappa shape index (κ3) is 10.5. The van der Waals surface area contributed by atoms with E-state index in [9.17, 15) is 0 Å². The summed E-state index contributed by atoms with van der Waals surface area (Å²) in [7, 11) is 6.28. The van der Waals surface area contributed by atoms with Crippen LogP contribution >= 0.6 is 0 Å². The molecule has 174 valence electrons. The number of hydrogen-bond acceptors (Lipinski definition) is 9. The first kappa shape index (κ1) is 26.5. The van der Waals surface area contributed by atoms with Crippen molar-refractivity contribution in [3.63, 3.8) is 0 Å². The van der Waals surface area contributed by atoms with E-state index in [4.69, 9.17) is 13.3 Å². The lowest BCUT2D eigenvalue weighted by molar-refractivity contribution is 0.122. The monoisotopic (exact) mass is 442 g/mol. The Kier molecular flexibility index (Phi) is 14.4. The number of hydrogen-bond donors (Lipinski definition) is 3. The molecule has 0 atom stereocenters. The van der Waals surface area contributed by atoms with Crippen LogP contribution in [0, 0.1) is 0 Å². The second-order valence-corrected chi connectivity index (χ2v) is 10.4. The summed E-state index contributed by atoms with van der Waals surface area (Å²) in [5.41, 5.74) is 0. The Balaban J connectivity index is 1.97. The Morgan fingerprint density at radius 1 is 0.600 bits per heavy atom. The zero-order chi connectivity index (χ0) is 22.1. The van der Waals surface area contributed by atoms with Gasteiger partial charge in [0, 0.05) is 48.0 Å². The maximum absolute atomic E-state index is 5.46. The van der Waals surface area contributed by atoms with E-state index in [0.717, 1.165) is 25.4 Å². The summed E-state index contributed by atoms with van der Waals surface area (Å²) in [6.45, 7) is 0.881. The van der Waals surface area contributed by atoms with Crippen LogP contribution in [0.2, 0.25) is 6.04 Å². The molecule has 0 aliphatic carbocycles. The fraction of sp³-hybridized carbons (Fsp3) is 0.850. The Bertz CT molecular complexity index is 533. The second-order valence-electron chi connectivity index (χ2n) is 7.31. The molecule has 0 radical (unpaired) electrons. The van der Waals surface area contributed by atoms with Gasteiger partial charge in [-0.15, -0.1) is 0 Å². The van der Waals surface area contributed by atoms with E-state index >= 15 is 0 Å². The molecule has 0 bridgehead atoms. The normalized spacial score (nSPS) is 11.5. The van der Waals surface area contributed by atoms with E-state index in [1.54, 1.807) is 35.4 Å². The quantitative estimate of drug-likeness (QED) is 0.215. The molecule has 0 amide bonds. The molecule has 3 N–H and O–H groups in total. The van der Waals surface area contributed by atoms with Gasteiger partial charge in [-0.3, -0.25) is 0 Å². The molecule has 0 saturated carbocycles. The number of rotatable bonds is 19. The number of anilines is 3. The Morgan fingerprint density at radius 3 is 1.43 bits per heavy atom. The minimum atomic E-state index is -2.37. The predicted octanol–water partition coefficient (Wildman–Crippen LogP) is 4.15. The van der Waals surface area contributed by atoms with Gasteiger partial charge < -0.3 is 29.2 Å². The lowest BCUT2D eigenvalue weighted by Gasteiger charge is -2.24. The third-order valence-corrected chi connectivity index (χ3v) is 8.04.